The Kier molecular flexibility index (Phi) is 5.05. The molecule has 6 nitrogen and oxygen atoms in total. The zero-order valence-electron chi connectivity index (χ0n) is 13.7. The lowest BCUT2D eigenvalue weighted by Crippen LogP contribution is -2.54. The second kappa shape index (κ2) is 7.40. The van der Waals surface area contributed by atoms with Crippen LogP contribution < -0.4 is 5.32 Å². The Morgan fingerprint density at radius 2 is 2.29 bits per heavy atom. The van der Waals surface area contributed by atoms with Crippen LogP contribution in [0.1, 0.15) is 24.5 Å². The lowest BCUT2D eigenvalue weighted by Gasteiger charge is -2.38. The maximum Gasteiger partial charge on any atom is 0.246 e. The number of nitrogens with one attached hydrogen (secondary N) is 1. The van der Waals surface area contributed by atoms with E-state index >= 15 is 0 Å². The zero-order chi connectivity index (χ0) is 16.9. The molecule has 0 aromatic carbocycles. The van der Waals surface area contributed by atoms with Gasteiger partial charge in [-0.15, -0.1) is 0 Å². The molecule has 2 amide bonds. The third kappa shape index (κ3) is 3.89. The first-order chi connectivity index (χ1) is 11.7. The molecule has 6 heteroatoms. The fourth-order valence-electron chi connectivity index (χ4n) is 2.65. The van der Waals surface area contributed by atoms with Gasteiger partial charge in [0.2, 0.25) is 11.8 Å². The van der Waals surface area contributed by atoms with Gasteiger partial charge >= 0.3 is 0 Å². The molecule has 24 heavy (non-hydrogen) atoms. The van der Waals surface area contributed by atoms with E-state index in [1.165, 1.54) is 0 Å². The minimum absolute atomic E-state index is 0.00236. The number of likely N-dealkylation sites (tertiary alicyclic amines) is 1. The lowest BCUT2D eigenvalue weighted by atomic mass is 10.0. The second-order valence-corrected chi connectivity index (χ2v) is 5.93. The van der Waals surface area contributed by atoms with Crippen molar-refractivity contribution in [2.24, 2.45) is 0 Å². The zero-order valence-corrected chi connectivity index (χ0v) is 13.7. The highest BCUT2D eigenvalue weighted by atomic mass is 16.5. The summed E-state index contributed by atoms with van der Waals surface area (Å²) >= 11 is 0. The van der Waals surface area contributed by atoms with Gasteiger partial charge in [-0.1, -0.05) is 12.2 Å². The van der Waals surface area contributed by atoms with Crippen molar-refractivity contribution in [1.29, 1.82) is 0 Å². The topological polar surface area (TPSA) is 71.5 Å². The summed E-state index contributed by atoms with van der Waals surface area (Å²) in [5.41, 5.74) is 1.87. The van der Waals surface area contributed by atoms with Crippen LogP contribution in [0.25, 0.3) is 6.08 Å². The number of nitrogens with zero attached hydrogens (tertiary/aromatic N) is 2. The van der Waals surface area contributed by atoms with Gasteiger partial charge in [0.15, 0.2) is 0 Å². The van der Waals surface area contributed by atoms with Gasteiger partial charge in [0.1, 0.15) is 5.82 Å². The molecule has 0 spiro atoms. The molecule has 0 atom stereocenters. The van der Waals surface area contributed by atoms with E-state index in [1.807, 2.05) is 25.1 Å². The Labute approximate surface area is 141 Å². The van der Waals surface area contributed by atoms with Gasteiger partial charge in [0.25, 0.3) is 0 Å². The third-order valence-corrected chi connectivity index (χ3v) is 4.11. The normalized spacial score (nSPS) is 17.9. The van der Waals surface area contributed by atoms with E-state index in [-0.39, 0.29) is 17.9 Å². The molecule has 1 aromatic heterocycles. The van der Waals surface area contributed by atoms with E-state index in [0.29, 0.717) is 38.4 Å². The number of anilines is 1. The van der Waals surface area contributed by atoms with Crippen molar-refractivity contribution in [1.82, 2.24) is 9.88 Å². The maximum absolute atomic E-state index is 12.1. The fraction of sp³-hybridized carbons (Fsp3) is 0.389. The van der Waals surface area contributed by atoms with E-state index in [0.717, 1.165) is 11.1 Å². The molecule has 0 aliphatic carbocycles. The highest BCUT2D eigenvalue weighted by molar-refractivity contribution is 5.94. The Hall–Kier alpha value is -2.47. The van der Waals surface area contributed by atoms with Gasteiger partial charge < -0.3 is 15.0 Å². The SMILES string of the molecule is CC=CCOC1CN(C(=O)C=Cc2cnc3c(c2)CCC(=O)N3)C1. The van der Waals surface area contributed by atoms with E-state index in [1.54, 1.807) is 23.2 Å². The van der Waals surface area contributed by atoms with Crippen LogP contribution in [-0.4, -0.2) is 47.5 Å². The first kappa shape index (κ1) is 16.4. The number of allylic oxidation sites excluding steroid dienone is 1. The smallest absolute Gasteiger partial charge is 0.246 e. The summed E-state index contributed by atoms with van der Waals surface area (Å²) in [5, 5.41) is 2.75. The van der Waals surface area contributed by atoms with Crippen molar-refractivity contribution in [2.45, 2.75) is 25.9 Å². The average molecular weight is 327 g/mol. The van der Waals surface area contributed by atoms with Crippen LogP contribution in [0.3, 0.4) is 0 Å². The predicted molar refractivity (Wildman–Crippen MR) is 91.4 cm³/mol. The number of aryl methyl sites for hydroxylation is 1. The van der Waals surface area contributed by atoms with Crippen molar-refractivity contribution in [2.75, 3.05) is 25.0 Å². The van der Waals surface area contributed by atoms with Crippen molar-refractivity contribution < 1.29 is 14.3 Å². The van der Waals surface area contributed by atoms with Crippen LogP contribution >= 0.6 is 0 Å². The van der Waals surface area contributed by atoms with Crippen LogP contribution in [0.5, 0.6) is 0 Å². The Bertz CT molecular complexity index is 691. The molecule has 0 bridgehead atoms. The summed E-state index contributed by atoms with van der Waals surface area (Å²) in [6, 6.07) is 1.96. The minimum atomic E-state index is -0.0214. The Morgan fingerprint density at radius 1 is 1.46 bits per heavy atom. The molecule has 126 valence electrons. The number of fused-ring (bicyclic) bond motifs is 1. The number of rotatable bonds is 5. The summed E-state index contributed by atoms with van der Waals surface area (Å²) in [7, 11) is 0. The van der Waals surface area contributed by atoms with Crippen LogP contribution in [0, 0.1) is 0 Å². The number of hydrogen-bond donors (Lipinski definition) is 1. The lowest BCUT2D eigenvalue weighted by molar-refractivity contribution is -0.138. The molecule has 2 aliphatic rings. The maximum atomic E-state index is 12.1. The van der Waals surface area contributed by atoms with E-state index < -0.39 is 0 Å². The molecular formula is C18H21N3O3. The van der Waals surface area contributed by atoms with Gasteiger partial charge in [-0.2, -0.15) is 0 Å². The van der Waals surface area contributed by atoms with Crippen molar-refractivity contribution in [3.63, 3.8) is 0 Å². The van der Waals surface area contributed by atoms with Gasteiger partial charge in [-0.3, -0.25) is 9.59 Å². The van der Waals surface area contributed by atoms with Gasteiger partial charge in [-0.25, -0.2) is 4.98 Å². The Morgan fingerprint density at radius 3 is 3.08 bits per heavy atom. The quantitative estimate of drug-likeness (QED) is 0.661. The second-order valence-electron chi connectivity index (χ2n) is 5.93. The highest BCUT2D eigenvalue weighted by Crippen LogP contribution is 2.21. The summed E-state index contributed by atoms with van der Waals surface area (Å²) in [6.07, 6.45) is 10.2. The first-order valence-corrected chi connectivity index (χ1v) is 8.14. The predicted octanol–water partition coefficient (Wildman–Crippen LogP) is 1.78. The van der Waals surface area contributed by atoms with Gasteiger partial charge in [0, 0.05) is 31.8 Å². The van der Waals surface area contributed by atoms with Crippen molar-refractivity contribution in [3.05, 3.63) is 41.6 Å². The van der Waals surface area contributed by atoms with Crippen molar-refractivity contribution in [3.8, 4) is 0 Å². The van der Waals surface area contributed by atoms with E-state index in [4.69, 9.17) is 4.74 Å². The molecule has 3 rings (SSSR count). The molecule has 0 radical (unpaired) electrons. The summed E-state index contributed by atoms with van der Waals surface area (Å²) in [4.78, 5) is 29.4. The van der Waals surface area contributed by atoms with E-state index in [2.05, 4.69) is 10.3 Å². The summed E-state index contributed by atoms with van der Waals surface area (Å²) in [5.74, 6) is 0.600. The summed E-state index contributed by atoms with van der Waals surface area (Å²) < 4.78 is 5.58. The van der Waals surface area contributed by atoms with Crippen LogP contribution in [0.15, 0.2) is 30.5 Å². The first-order valence-electron chi connectivity index (χ1n) is 8.14. The number of ether oxygens (including phenoxy) is 1. The number of hydrogen-bond acceptors (Lipinski definition) is 4. The number of aromatic nitrogens is 1. The fourth-order valence-corrected chi connectivity index (χ4v) is 2.65. The van der Waals surface area contributed by atoms with Crippen LogP contribution in [0.4, 0.5) is 5.82 Å². The largest absolute Gasteiger partial charge is 0.370 e. The van der Waals surface area contributed by atoms with Crippen LogP contribution in [-0.2, 0) is 20.7 Å². The average Bonchev–Trinajstić information content (AvgIpc) is 2.54. The number of amides is 2. The van der Waals surface area contributed by atoms with E-state index in [9.17, 15) is 9.59 Å². The number of pyridine rings is 1. The van der Waals surface area contributed by atoms with Gasteiger partial charge in [-0.05, 0) is 36.6 Å². The summed E-state index contributed by atoms with van der Waals surface area (Å²) in [6.45, 7) is 3.81. The molecule has 0 saturated carbocycles. The van der Waals surface area contributed by atoms with Crippen molar-refractivity contribution >= 4 is 23.7 Å². The number of carbonyl (C=O) groups is 2. The Balaban J connectivity index is 1.51. The minimum Gasteiger partial charge on any atom is -0.370 e. The van der Waals surface area contributed by atoms with Crippen LogP contribution in [0.2, 0.25) is 0 Å². The monoisotopic (exact) mass is 327 g/mol. The molecule has 1 saturated heterocycles. The molecule has 1 fully saturated rings. The molecule has 1 aromatic rings. The number of carbonyl (C=O) groups excluding carboxylic acids is 2. The standard InChI is InChI=1S/C18H21N3O3/c1-2-3-8-24-15-11-21(12-15)17(23)7-4-13-9-14-5-6-16(22)20-18(14)19-10-13/h2-4,7,9-10,15H,5-6,8,11-12H2,1H3,(H,19,20,22). The molecule has 1 N–H and O–H groups in total. The third-order valence-electron chi connectivity index (χ3n) is 4.11. The molecule has 3 heterocycles. The highest BCUT2D eigenvalue weighted by Gasteiger charge is 2.29. The molecule has 2 aliphatic heterocycles. The molecular weight excluding hydrogens is 306 g/mol. The molecule has 0 unspecified atom stereocenters. The van der Waals surface area contributed by atoms with Gasteiger partial charge in [0.05, 0.1) is 12.7 Å².